The number of likely N-dealkylation sites (tertiary alicyclic amines) is 1. The molecule has 1 aliphatic heterocycles. The fourth-order valence-electron chi connectivity index (χ4n) is 4.80. The molecular formula is C31H34BrF3N2O2. The van der Waals surface area contributed by atoms with E-state index in [4.69, 9.17) is 4.74 Å². The number of hydrogen-bond donors (Lipinski definition) is 1. The molecule has 0 spiro atoms. The number of rotatable bonds is 9. The number of amides is 1. The van der Waals surface area contributed by atoms with Crippen molar-refractivity contribution in [2.24, 2.45) is 5.92 Å². The van der Waals surface area contributed by atoms with E-state index in [1.807, 2.05) is 50.2 Å². The Bertz CT molecular complexity index is 1220. The van der Waals surface area contributed by atoms with E-state index in [-0.39, 0.29) is 17.9 Å². The van der Waals surface area contributed by atoms with Crippen LogP contribution >= 0.6 is 15.9 Å². The van der Waals surface area contributed by atoms with Crippen molar-refractivity contribution in [1.82, 2.24) is 4.90 Å². The van der Waals surface area contributed by atoms with Crippen molar-refractivity contribution >= 4 is 27.5 Å². The lowest BCUT2D eigenvalue weighted by Gasteiger charge is -2.33. The summed E-state index contributed by atoms with van der Waals surface area (Å²) in [6, 6.07) is 20.9. The standard InChI is InChI=1S/C31H34BrF3N2O2/c1-21(2)30(38)36-27-5-3-4-24(20-27)22-14-17-37(18-15-22)19-16-29(23-6-10-26(32)11-7-23)39-28-12-8-25(9-13-28)31(33,34)35/h3-13,20-22,29H,14-19H2,1-2H3,(H,36,38). The van der Waals surface area contributed by atoms with E-state index in [1.165, 1.54) is 17.7 Å². The molecule has 0 bridgehead atoms. The SMILES string of the molecule is CC(C)C(=O)Nc1cccc(C2CCN(CCC(Oc3ccc(C(F)(F)F)cc3)c3ccc(Br)cc3)CC2)c1. The van der Waals surface area contributed by atoms with Gasteiger partial charge in [-0.25, -0.2) is 0 Å². The number of piperidine rings is 1. The highest BCUT2D eigenvalue weighted by Gasteiger charge is 2.30. The number of hydrogen-bond acceptors (Lipinski definition) is 3. The number of ether oxygens (including phenoxy) is 1. The highest BCUT2D eigenvalue weighted by Crippen LogP contribution is 2.33. The number of carbonyl (C=O) groups is 1. The Morgan fingerprint density at radius 1 is 1.03 bits per heavy atom. The maximum absolute atomic E-state index is 13.0. The molecule has 4 nitrogen and oxygen atoms in total. The van der Waals surface area contributed by atoms with Gasteiger partial charge < -0.3 is 15.0 Å². The smallest absolute Gasteiger partial charge is 0.416 e. The molecule has 1 amide bonds. The van der Waals surface area contributed by atoms with Gasteiger partial charge in [-0.15, -0.1) is 0 Å². The summed E-state index contributed by atoms with van der Waals surface area (Å²) in [6.07, 6.45) is -1.91. The zero-order chi connectivity index (χ0) is 28.0. The molecule has 1 saturated heterocycles. The molecule has 208 valence electrons. The lowest BCUT2D eigenvalue weighted by Crippen LogP contribution is -2.34. The molecule has 0 aromatic heterocycles. The Morgan fingerprint density at radius 3 is 2.31 bits per heavy atom. The first-order valence-electron chi connectivity index (χ1n) is 13.3. The largest absolute Gasteiger partial charge is 0.486 e. The summed E-state index contributed by atoms with van der Waals surface area (Å²) in [7, 11) is 0. The van der Waals surface area contributed by atoms with E-state index in [2.05, 4.69) is 38.3 Å². The Labute approximate surface area is 236 Å². The van der Waals surface area contributed by atoms with E-state index in [0.717, 1.165) is 60.3 Å². The molecule has 0 aliphatic carbocycles. The topological polar surface area (TPSA) is 41.6 Å². The predicted molar refractivity (Wildman–Crippen MR) is 152 cm³/mol. The predicted octanol–water partition coefficient (Wildman–Crippen LogP) is 8.45. The lowest BCUT2D eigenvalue weighted by molar-refractivity contribution is -0.137. The minimum Gasteiger partial charge on any atom is -0.486 e. The first kappa shape index (κ1) is 29.2. The molecule has 1 unspecified atom stereocenters. The van der Waals surface area contributed by atoms with Crippen LogP contribution in [0.3, 0.4) is 0 Å². The van der Waals surface area contributed by atoms with Crippen molar-refractivity contribution in [1.29, 1.82) is 0 Å². The average Bonchev–Trinajstić information content (AvgIpc) is 2.92. The van der Waals surface area contributed by atoms with Crippen LogP contribution in [0.4, 0.5) is 18.9 Å². The van der Waals surface area contributed by atoms with Crippen molar-refractivity contribution in [2.45, 2.75) is 51.3 Å². The van der Waals surface area contributed by atoms with Crippen LogP contribution in [0.25, 0.3) is 0 Å². The molecule has 0 radical (unpaired) electrons. The first-order valence-corrected chi connectivity index (χ1v) is 14.1. The number of alkyl halides is 3. The molecule has 4 rings (SSSR count). The fraction of sp³-hybridized carbons (Fsp3) is 0.387. The number of nitrogens with one attached hydrogen (secondary N) is 1. The average molecular weight is 604 g/mol. The number of halogens is 4. The summed E-state index contributed by atoms with van der Waals surface area (Å²) in [6.45, 7) is 6.47. The maximum atomic E-state index is 13.0. The van der Waals surface area contributed by atoms with Crippen LogP contribution in [-0.4, -0.2) is 30.4 Å². The Kier molecular flexibility index (Phi) is 9.72. The molecule has 1 atom stereocenters. The highest BCUT2D eigenvalue weighted by atomic mass is 79.9. The van der Waals surface area contributed by atoms with Crippen molar-refractivity contribution < 1.29 is 22.7 Å². The van der Waals surface area contributed by atoms with Crippen LogP contribution in [0.15, 0.2) is 77.3 Å². The third-order valence-electron chi connectivity index (χ3n) is 7.15. The molecule has 1 aliphatic rings. The Morgan fingerprint density at radius 2 is 1.69 bits per heavy atom. The zero-order valence-electron chi connectivity index (χ0n) is 22.2. The van der Waals surface area contributed by atoms with Gasteiger partial charge in [0.2, 0.25) is 5.91 Å². The van der Waals surface area contributed by atoms with Gasteiger partial charge in [-0.05, 0) is 91.5 Å². The summed E-state index contributed by atoms with van der Waals surface area (Å²) in [4.78, 5) is 14.5. The quantitative estimate of drug-likeness (QED) is 0.267. The molecular weight excluding hydrogens is 569 g/mol. The molecule has 3 aromatic carbocycles. The second-order valence-corrected chi connectivity index (χ2v) is 11.3. The van der Waals surface area contributed by atoms with E-state index in [1.54, 1.807) is 0 Å². The number of carbonyl (C=O) groups excluding carboxylic acids is 1. The summed E-state index contributed by atoms with van der Waals surface area (Å²) < 4.78 is 46.1. The van der Waals surface area contributed by atoms with Gasteiger partial charge >= 0.3 is 6.18 Å². The molecule has 1 N–H and O–H groups in total. The molecule has 1 heterocycles. The summed E-state index contributed by atoms with van der Waals surface area (Å²) in [5.41, 5.74) is 2.37. The Hall–Kier alpha value is -2.84. The van der Waals surface area contributed by atoms with Gasteiger partial charge in [0.25, 0.3) is 0 Å². The fourth-order valence-corrected chi connectivity index (χ4v) is 5.07. The highest BCUT2D eigenvalue weighted by molar-refractivity contribution is 9.10. The summed E-state index contributed by atoms with van der Waals surface area (Å²) in [5.74, 6) is 0.795. The van der Waals surface area contributed by atoms with Crippen LogP contribution in [0.5, 0.6) is 5.75 Å². The summed E-state index contributed by atoms with van der Waals surface area (Å²) in [5, 5.41) is 2.99. The van der Waals surface area contributed by atoms with Gasteiger partial charge in [-0.1, -0.05) is 54.0 Å². The van der Waals surface area contributed by atoms with Crippen LogP contribution in [0, 0.1) is 5.92 Å². The molecule has 0 saturated carbocycles. The van der Waals surface area contributed by atoms with Crippen LogP contribution in [0.2, 0.25) is 0 Å². The second-order valence-electron chi connectivity index (χ2n) is 10.4. The Balaban J connectivity index is 1.36. The number of nitrogens with zero attached hydrogens (tertiary/aromatic N) is 1. The molecule has 1 fully saturated rings. The van der Waals surface area contributed by atoms with Crippen molar-refractivity contribution in [2.75, 3.05) is 25.0 Å². The van der Waals surface area contributed by atoms with Crippen molar-refractivity contribution in [3.63, 3.8) is 0 Å². The van der Waals surface area contributed by atoms with Crippen molar-refractivity contribution in [3.8, 4) is 5.75 Å². The number of benzene rings is 3. The van der Waals surface area contributed by atoms with Gasteiger partial charge in [0, 0.05) is 29.0 Å². The molecule has 39 heavy (non-hydrogen) atoms. The molecule has 8 heteroatoms. The monoisotopic (exact) mass is 602 g/mol. The maximum Gasteiger partial charge on any atom is 0.416 e. The minimum absolute atomic E-state index is 0.0146. The van der Waals surface area contributed by atoms with Gasteiger partial charge in [-0.3, -0.25) is 4.79 Å². The zero-order valence-corrected chi connectivity index (χ0v) is 23.8. The van der Waals surface area contributed by atoms with Gasteiger partial charge in [0.1, 0.15) is 11.9 Å². The molecule has 3 aromatic rings. The van der Waals surface area contributed by atoms with Crippen molar-refractivity contribution in [3.05, 3.63) is 94.0 Å². The van der Waals surface area contributed by atoms with E-state index in [0.29, 0.717) is 18.1 Å². The van der Waals surface area contributed by atoms with Gasteiger partial charge in [0.15, 0.2) is 0 Å². The van der Waals surface area contributed by atoms with E-state index < -0.39 is 11.7 Å². The van der Waals surface area contributed by atoms with Gasteiger partial charge in [-0.2, -0.15) is 13.2 Å². The van der Waals surface area contributed by atoms with Crippen LogP contribution in [0.1, 0.15) is 61.8 Å². The van der Waals surface area contributed by atoms with E-state index in [9.17, 15) is 18.0 Å². The lowest BCUT2D eigenvalue weighted by atomic mass is 9.89. The number of anilines is 1. The summed E-state index contributed by atoms with van der Waals surface area (Å²) >= 11 is 3.46. The van der Waals surface area contributed by atoms with E-state index >= 15 is 0 Å². The third kappa shape index (κ3) is 8.32. The normalized spacial score (nSPS) is 15.8. The minimum atomic E-state index is -4.38. The second kappa shape index (κ2) is 13.0. The third-order valence-corrected chi connectivity index (χ3v) is 7.68. The first-order chi connectivity index (χ1) is 18.6. The van der Waals surface area contributed by atoms with Crippen LogP contribution in [-0.2, 0) is 11.0 Å². The van der Waals surface area contributed by atoms with Gasteiger partial charge in [0.05, 0.1) is 5.56 Å². The van der Waals surface area contributed by atoms with Crippen LogP contribution < -0.4 is 10.1 Å².